The Hall–Kier alpha value is -2.63. The third-order valence-electron chi connectivity index (χ3n) is 4.85. The van der Waals surface area contributed by atoms with Gasteiger partial charge in [-0.3, -0.25) is 4.79 Å². The third-order valence-corrected chi connectivity index (χ3v) is 4.85. The van der Waals surface area contributed by atoms with E-state index in [1.165, 1.54) is 12.8 Å². The summed E-state index contributed by atoms with van der Waals surface area (Å²) < 4.78 is 1.92. The summed E-state index contributed by atoms with van der Waals surface area (Å²) in [6, 6.07) is 8.06. The lowest BCUT2D eigenvalue weighted by atomic mass is 10.1. The van der Waals surface area contributed by atoms with Gasteiger partial charge >= 0.3 is 0 Å². The Labute approximate surface area is 133 Å². The van der Waals surface area contributed by atoms with Crippen LogP contribution in [0.4, 0.5) is 0 Å². The number of hydrogen-bond donors (Lipinski definition) is 1. The minimum absolute atomic E-state index is 0.0836. The minimum atomic E-state index is 0.0836. The number of fused-ring (bicyclic) bond motifs is 1. The lowest BCUT2D eigenvalue weighted by Gasteiger charge is -2.38. The minimum Gasteiger partial charge on any atom is -0.361 e. The zero-order chi connectivity index (χ0) is 15.4. The van der Waals surface area contributed by atoms with Gasteiger partial charge in [0.25, 0.3) is 5.91 Å². The summed E-state index contributed by atoms with van der Waals surface area (Å²) in [4.78, 5) is 17.6. The van der Waals surface area contributed by atoms with E-state index >= 15 is 0 Å². The first kappa shape index (κ1) is 12.9. The molecule has 0 unspecified atom stereocenters. The van der Waals surface area contributed by atoms with Gasteiger partial charge in [0, 0.05) is 42.5 Å². The number of nitrogens with one attached hydrogen (secondary N) is 1. The number of aromatic nitrogens is 4. The highest BCUT2D eigenvalue weighted by Crippen LogP contribution is 2.39. The van der Waals surface area contributed by atoms with E-state index in [2.05, 4.69) is 21.5 Å². The van der Waals surface area contributed by atoms with Crippen LogP contribution in [-0.2, 0) is 0 Å². The van der Waals surface area contributed by atoms with Crippen molar-refractivity contribution in [2.24, 2.45) is 0 Å². The standard InChI is InChI=1S/C17H17N5O/c23-17(13-4-3-12-5-6-18-15(12)7-13)21-8-14(9-21)22-10-16(19-20-22)11-1-2-11/h3-7,10-11,14,18H,1-2,8-9H2. The molecule has 6 heteroatoms. The molecule has 0 spiro atoms. The number of aromatic amines is 1. The molecule has 3 aromatic rings. The van der Waals surface area contributed by atoms with Crippen molar-refractivity contribution in [3.05, 3.63) is 47.9 Å². The second-order valence-electron chi connectivity index (χ2n) is 6.54. The van der Waals surface area contributed by atoms with Gasteiger partial charge in [-0.05, 0) is 36.4 Å². The van der Waals surface area contributed by atoms with Crippen molar-refractivity contribution >= 4 is 16.8 Å². The van der Waals surface area contributed by atoms with Gasteiger partial charge in [0.2, 0.25) is 0 Å². The molecule has 6 nitrogen and oxygen atoms in total. The highest BCUT2D eigenvalue weighted by atomic mass is 16.2. The van der Waals surface area contributed by atoms with Crippen LogP contribution in [0.15, 0.2) is 36.7 Å². The number of likely N-dealkylation sites (tertiary alicyclic amines) is 1. The summed E-state index contributed by atoms with van der Waals surface area (Å²) >= 11 is 0. The van der Waals surface area contributed by atoms with Gasteiger partial charge in [0.05, 0.1) is 11.7 Å². The van der Waals surface area contributed by atoms with Crippen LogP contribution in [0.3, 0.4) is 0 Å². The molecule has 2 fully saturated rings. The van der Waals surface area contributed by atoms with E-state index in [4.69, 9.17) is 0 Å². The molecule has 3 heterocycles. The summed E-state index contributed by atoms with van der Waals surface area (Å²) in [5.74, 6) is 0.703. The Bertz CT molecular complexity index is 885. The molecular weight excluding hydrogens is 290 g/mol. The molecule has 2 aliphatic rings. The zero-order valence-electron chi connectivity index (χ0n) is 12.6. The van der Waals surface area contributed by atoms with E-state index in [1.807, 2.05) is 40.0 Å². The van der Waals surface area contributed by atoms with Gasteiger partial charge < -0.3 is 9.88 Å². The molecule has 1 aliphatic carbocycles. The number of carbonyl (C=O) groups excluding carboxylic acids is 1. The Morgan fingerprint density at radius 1 is 1.22 bits per heavy atom. The van der Waals surface area contributed by atoms with Crippen LogP contribution in [0.25, 0.3) is 10.9 Å². The first-order valence-electron chi connectivity index (χ1n) is 8.06. The second kappa shape index (κ2) is 4.68. The maximum Gasteiger partial charge on any atom is 0.254 e. The van der Waals surface area contributed by atoms with Crippen LogP contribution in [0.5, 0.6) is 0 Å². The maximum atomic E-state index is 12.6. The first-order chi connectivity index (χ1) is 11.3. The van der Waals surface area contributed by atoms with E-state index in [1.54, 1.807) is 0 Å². The van der Waals surface area contributed by atoms with Crippen molar-refractivity contribution < 1.29 is 4.79 Å². The highest BCUT2D eigenvalue weighted by molar-refractivity contribution is 5.98. The Morgan fingerprint density at radius 3 is 2.91 bits per heavy atom. The predicted octanol–water partition coefficient (Wildman–Crippen LogP) is 2.33. The smallest absolute Gasteiger partial charge is 0.254 e. The molecule has 1 saturated carbocycles. The monoisotopic (exact) mass is 307 g/mol. The number of rotatable bonds is 3. The Kier molecular flexibility index (Phi) is 2.62. The van der Waals surface area contributed by atoms with Crippen LogP contribution >= 0.6 is 0 Å². The van der Waals surface area contributed by atoms with E-state index in [0.29, 0.717) is 19.0 Å². The van der Waals surface area contributed by atoms with Crippen molar-refractivity contribution in [1.29, 1.82) is 0 Å². The number of H-pyrrole nitrogens is 1. The van der Waals surface area contributed by atoms with Crippen LogP contribution in [0.1, 0.15) is 40.9 Å². The van der Waals surface area contributed by atoms with Gasteiger partial charge in [-0.1, -0.05) is 11.3 Å². The van der Waals surface area contributed by atoms with Crippen molar-refractivity contribution in [2.75, 3.05) is 13.1 Å². The van der Waals surface area contributed by atoms with Gasteiger partial charge in [-0.2, -0.15) is 0 Å². The lowest BCUT2D eigenvalue weighted by Crippen LogP contribution is -2.50. The SMILES string of the molecule is O=C(c1ccc2cc[nH]c2c1)N1CC(n2cc(C3CC3)nn2)C1. The van der Waals surface area contributed by atoms with Crippen molar-refractivity contribution in [3.63, 3.8) is 0 Å². The number of nitrogens with zero attached hydrogens (tertiary/aromatic N) is 4. The summed E-state index contributed by atoms with van der Waals surface area (Å²) in [5, 5.41) is 9.59. The molecular formula is C17H17N5O. The van der Waals surface area contributed by atoms with Gasteiger partial charge in [0.15, 0.2) is 0 Å². The first-order valence-corrected chi connectivity index (χ1v) is 8.06. The largest absolute Gasteiger partial charge is 0.361 e. The molecule has 5 rings (SSSR count). The van der Waals surface area contributed by atoms with Gasteiger partial charge in [-0.15, -0.1) is 5.10 Å². The number of hydrogen-bond acceptors (Lipinski definition) is 3. The average Bonchev–Trinajstić information content (AvgIpc) is 3.08. The topological polar surface area (TPSA) is 66.8 Å². The van der Waals surface area contributed by atoms with Crippen LogP contribution in [-0.4, -0.2) is 43.9 Å². The van der Waals surface area contributed by atoms with E-state index < -0.39 is 0 Å². The molecule has 1 N–H and O–H groups in total. The summed E-state index contributed by atoms with van der Waals surface area (Å²) in [6.07, 6.45) is 6.40. The molecule has 0 bridgehead atoms. The zero-order valence-corrected chi connectivity index (χ0v) is 12.6. The number of carbonyl (C=O) groups is 1. The van der Waals surface area contributed by atoms with Gasteiger partial charge in [0.1, 0.15) is 0 Å². The molecule has 116 valence electrons. The lowest BCUT2D eigenvalue weighted by molar-refractivity contribution is 0.0498. The van der Waals surface area contributed by atoms with Crippen LogP contribution < -0.4 is 0 Å². The van der Waals surface area contributed by atoms with Crippen LogP contribution in [0, 0.1) is 0 Å². The Morgan fingerprint density at radius 2 is 2.09 bits per heavy atom. The van der Waals surface area contributed by atoms with Gasteiger partial charge in [-0.25, -0.2) is 4.68 Å². The van der Waals surface area contributed by atoms with Crippen LogP contribution in [0.2, 0.25) is 0 Å². The van der Waals surface area contributed by atoms with E-state index in [9.17, 15) is 4.79 Å². The molecule has 1 amide bonds. The second-order valence-corrected chi connectivity index (χ2v) is 6.54. The molecule has 1 saturated heterocycles. The molecule has 0 atom stereocenters. The van der Waals surface area contributed by atoms with Crippen molar-refractivity contribution in [3.8, 4) is 0 Å². The highest BCUT2D eigenvalue weighted by Gasteiger charge is 2.34. The quantitative estimate of drug-likeness (QED) is 0.807. The van der Waals surface area contributed by atoms with E-state index in [0.717, 1.165) is 22.2 Å². The van der Waals surface area contributed by atoms with Crippen molar-refractivity contribution in [1.82, 2.24) is 24.9 Å². The summed E-state index contributed by atoms with van der Waals surface area (Å²) in [6.45, 7) is 1.41. The fraction of sp³-hybridized carbons (Fsp3) is 0.353. The average molecular weight is 307 g/mol. The molecule has 2 aromatic heterocycles. The predicted molar refractivity (Wildman–Crippen MR) is 85.2 cm³/mol. The molecule has 0 radical (unpaired) electrons. The Balaban J connectivity index is 1.28. The summed E-state index contributed by atoms with van der Waals surface area (Å²) in [5.41, 5.74) is 2.83. The fourth-order valence-electron chi connectivity index (χ4n) is 3.19. The molecule has 23 heavy (non-hydrogen) atoms. The van der Waals surface area contributed by atoms with E-state index in [-0.39, 0.29) is 11.9 Å². The van der Waals surface area contributed by atoms with Crippen molar-refractivity contribution in [2.45, 2.75) is 24.8 Å². The molecule has 1 aliphatic heterocycles. The maximum absolute atomic E-state index is 12.6. The number of benzene rings is 1. The third kappa shape index (κ3) is 2.13. The number of amides is 1. The molecule has 1 aromatic carbocycles. The summed E-state index contributed by atoms with van der Waals surface area (Å²) in [7, 11) is 0. The fourth-order valence-corrected chi connectivity index (χ4v) is 3.19. The normalized spacial score (nSPS) is 18.3.